The van der Waals surface area contributed by atoms with E-state index in [4.69, 9.17) is 0 Å². The molecule has 0 bridgehead atoms. The van der Waals surface area contributed by atoms with E-state index in [2.05, 4.69) is 32.5 Å². The fourth-order valence-corrected chi connectivity index (χ4v) is 1.75. The minimum atomic E-state index is -0.222. The molecule has 21 heavy (non-hydrogen) atoms. The maximum Gasteiger partial charge on any atom is 0.270 e. The van der Waals surface area contributed by atoms with Crippen molar-refractivity contribution < 1.29 is 4.79 Å². The van der Waals surface area contributed by atoms with Crippen molar-refractivity contribution in [2.75, 3.05) is 11.9 Å². The number of rotatable bonds is 7. The molecule has 2 N–H and O–H groups in total. The van der Waals surface area contributed by atoms with Gasteiger partial charge in [-0.05, 0) is 18.1 Å². The van der Waals surface area contributed by atoms with Crippen LogP contribution in [0.1, 0.15) is 35.8 Å². The van der Waals surface area contributed by atoms with Gasteiger partial charge in [-0.15, -0.1) is 0 Å². The molecule has 2 heterocycles. The van der Waals surface area contributed by atoms with Gasteiger partial charge in [-0.1, -0.05) is 19.4 Å². The molecule has 0 aliphatic rings. The standard InChI is InChI=1S/C15H19N5O/c1-2-3-7-17-14-8-13(19-11-20-14)15(21)18-10-12-5-4-6-16-9-12/h4-6,8-9,11H,2-3,7,10H2,1H3,(H,18,21)(H,17,19,20). The predicted octanol–water partition coefficient (Wildman–Crippen LogP) is 2.01. The fraction of sp³-hybridized carbons (Fsp3) is 0.333. The molecule has 6 nitrogen and oxygen atoms in total. The van der Waals surface area contributed by atoms with Gasteiger partial charge in [0.05, 0.1) is 0 Å². The number of pyridine rings is 1. The first-order chi connectivity index (χ1) is 10.3. The van der Waals surface area contributed by atoms with E-state index in [0.29, 0.717) is 18.1 Å². The molecule has 2 aromatic heterocycles. The molecule has 0 saturated heterocycles. The van der Waals surface area contributed by atoms with Crippen molar-refractivity contribution >= 4 is 11.7 Å². The second kappa shape index (κ2) is 7.94. The topological polar surface area (TPSA) is 79.8 Å². The van der Waals surface area contributed by atoms with E-state index in [1.165, 1.54) is 6.33 Å². The van der Waals surface area contributed by atoms with Gasteiger partial charge in [-0.2, -0.15) is 0 Å². The normalized spacial score (nSPS) is 10.1. The Morgan fingerprint density at radius 1 is 1.33 bits per heavy atom. The predicted molar refractivity (Wildman–Crippen MR) is 80.8 cm³/mol. The van der Waals surface area contributed by atoms with Gasteiger partial charge >= 0.3 is 0 Å². The Morgan fingerprint density at radius 3 is 3.00 bits per heavy atom. The molecular weight excluding hydrogens is 266 g/mol. The van der Waals surface area contributed by atoms with Crippen molar-refractivity contribution in [3.63, 3.8) is 0 Å². The third kappa shape index (κ3) is 4.83. The quantitative estimate of drug-likeness (QED) is 0.761. The van der Waals surface area contributed by atoms with Gasteiger partial charge in [-0.3, -0.25) is 9.78 Å². The molecule has 2 rings (SSSR count). The lowest BCUT2D eigenvalue weighted by Gasteiger charge is -2.07. The van der Waals surface area contributed by atoms with Gasteiger partial charge in [0, 0.05) is 31.5 Å². The minimum absolute atomic E-state index is 0.222. The van der Waals surface area contributed by atoms with Gasteiger partial charge in [0.15, 0.2) is 0 Å². The Kier molecular flexibility index (Phi) is 5.63. The number of nitrogens with zero attached hydrogens (tertiary/aromatic N) is 3. The molecule has 0 fully saturated rings. The molecule has 0 aromatic carbocycles. The lowest BCUT2D eigenvalue weighted by Crippen LogP contribution is -2.24. The lowest BCUT2D eigenvalue weighted by atomic mass is 10.3. The summed E-state index contributed by atoms with van der Waals surface area (Å²) in [5.74, 6) is 0.449. The van der Waals surface area contributed by atoms with Crippen LogP contribution in [0.2, 0.25) is 0 Å². The molecule has 0 aliphatic carbocycles. The highest BCUT2D eigenvalue weighted by Crippen LogP contribution is 2.05. The van der Waals surface area contributed by atoms with Crippen molar-refractivity contribution in [3.05, 3.63) is 48.2 Å². The molecule has 0 aliphatic heterocycles. The number of unbranched alkanes of at least 4 members (excludes halogenated alkanes) is 1. The van der Waals surface area contributed by atoms with Gasteiger partial charge in [0.1, 0.15) is 17.8 Å². The number of aromatic nitrogens is 3. The van der Waals surface area contributed by atoms with Crippen LogP contribution in [0.25, 0.3) is 0 Å². The summed E-state index contributed by atoms with van der Waals surface area (Å²) in [6.07, 6.45) is 6.98. The second-order valence-electron chi connectivity index (χ2n) is 4.61. The molecule has 0 unspecified atom stereocenters. The number of nitrogens with one attached hydrogen (secondary N) is 2. The Bertz CT molecular complexity index is 573. The van der Waals surface area contributed by atoms with E-state index in [0.717, 1.165) is 24.9 Å². The molecule has 1 amide bonds. The number of hydrogen-bond acceptors (Lipinski definition) is 5. The number of carbonyl (C=O) groups excluding carboxylic acids is 1. The number of carbonyl (C=O) groups is 1. The van der Waals surface area contributed by atoms with Crippen LogP contribution in [-0.2, 0) is 6.54 Å². The summed E-state index contributed by atoms with van der Waals surface area (Å²) in [6.45, 7) is 3.39. The second-order valence-corrected chi connectivity index (χ2v) is 4.61. The van der Waals surface area contributed by atoms with Crippen molar-refractivity contribution in [2.45, 2.75) is 26.3 Å². The summed E-state index contributed by atoms with van der Waals surface area (Å²) in [5.41, 5.74) is 1.30. The van der Waals surface area contributed by atoms with E-state index in [9.17, 15) is 4.79 Å². The molecule has 0 radical (unpaired) electrons. The fourth-order valence-electron chi connectivity index (χ4n) is 1.75. The highest BCUT2D eigenvalue weighted by atomic mass is 16.1. The van der Waals surface area contributed by atoms with Crippen molar-refractivity contribution in [2.24, 2.45) is 0 Å². The molecule has 0 atom stereocenters. The van der Waals surface area contributed by atoms with E-state index in [1.807, 2.05) is 12.1 Å². The van der Waals surface area contributed by atoms with Crippen molar-refractivity contribution in [1.82, 2.24) is 20.3 Å². The van der Waals surface area contributed by atoms with Crippen molar-refractivity contribution in [1.29, 1.82) is 0 Å². The molecule has 6 heteroatoms. The zero-order chi connectivity index (χ0) is 14.9. The maximum atomic E-state index is 12.1. The average molecular weight is 285 g/mol. The number of amides is 1. The zero-order valence-electron chi connectivity index (χ0n) is 12.0. The Hall–Kier alpha value is -2.50. The average Bonchev–Trinajstić information content (AvgIpc) is 2.54. The van der Waals surface area contributed by atoms with Crippen LogP contribution in [0.3, 0.4) is 0 Å². The van der Waals surface area contributed by atoms with Crippen LogP contribution in [-0.4, -0.2) is 27.4 Å². The largest absolute Gasteiger partial charge is 0.370 e. The first-order valence-electron chi connectivity index (χ1n) is 7.02. The minimum Gasteiger partial charge on any atom is -0.370 e. The maximum absolute atomic E-state index is 12.1. The summed E-state index contributed by atoms with van der Waals surface area (Å²) < 4.78 is 0. The van der Waals surface area contributed by atoms with E-state index < -0.39 is 0 Å². The number of anilines is 1. The Balaban J connectivity index is 1.91. The van der Waals surface area contributed by atoms with Gasteiger partial charge in [0.2, 0.25) is 0 Å². The highest BCUT2D eigenvalue weighted by Gasteiger charge is 2.08. The van der Waals surface area contributed by atoms with E-state index in [1.54, 1.807) is 18.5 Å². The summed E-state index contributed by atoms with van der Waals surface area (Å²) >= 11 is 0. The SMILES string of the molecule is CCCCNc1cc(C(=O)NCc2cccnc2)ncn1. The van der Waals surface area contributed by atoms with Crippen LogP contribution >= 0.6 is 0 Å². The van der Waals surface area contributed by atoms with Crippen molar-refractivity contribution in [3.8, 4) is 0 Å². The summed E-state index contributed by atoms with van der Waals surface area (Å²) in [4.78, 5) is 24.2. The smallest absolute Gasteiger partial charge is 0.270 e. The van der Waals surface area contributed by atoms with Crippen LogP contribution in [0.5, 0.6) is 0 Å². The van der Waals surface area contributed by atoms with E-state index in [-0.39, 0.29) is 5.91 Å². The summed E-state index contributed by atoms with van der Waals surface area (Å²) in [6, 6.07) is 5.40. The molecular formula is C15H19N5O. The monoisotopic (exact) mass is 285 g/mol. The zero-order valence-corrected chi connectivity index (χ0v) is 12.0. The van der Waals surface area contributed by atoms with Gasteiger partial charge in [0.25, 0.3) is 5.91 Å². The van der Waals surface area contributed by atoms with Crippen LogP contribution in [0.15, 0.2) is 36.9 Å². The first kappa shape index (κ1) is 14.9. The first-order valence-corrected chi connectivity index (χ1v) is 7.02. The van der Waals surface area contributed by atoms with E-state index >= 15 is 0 Å². The van der Waals surface area contributed by atoms with Gasteiger partial charge in [-0.25, -0.2) is 9.97 Å². The molecule has 0 spiro atoms. The van der Waals surface area contributed by atoms with Crippen LogP contribution < -0.4 is 10.6 Å². The summed E-state index contributed by atoms with van der Waals surface area (Å²) in [5, 5.41) is 5.99. The van der Waals surface area contributed by atoms with Gasteiger partial charge < -0.3 is 10.6 Å². The molecule has 0 saturated carbocycles. The van der Waals surface area contributed by atoms with Crippen LogP contribution in [0, 0.1) is 0 Å². The lowest BCUT2D eigenvalue weighted by molar-refractivity contribution is 0.0946. The summed E-state index contributed by atoms with van der Waals surface area (Å²) in [7, 11) is 0. The molecule has 2 aromatic rings. The third-order valence-electron chi connectivity index (χ3n) is 2.91. The molecule has 110 valence electrons. The third-order valence-corrected chi connectivity index (χ3v) is 2.91. The highest BCUT2D eigenvalue weighted by molar-refractivity contribution is 5.92. The number of hydrogen-bond donors (Lipinski definition) is 2. The Morgan fingerprint density at radius 2 is 2.24 bits per heavy atom. The Labute approximate surface area is 124 Å². The van der Waals surface area contributed by atoms with Crippen LogP contribution in [0.4, 0.5) is 5.82 Å².